The second-order valence-electron chi connectivity index (χ2n) is 7.74. The minimum absolute atomic E-state index is 0.260. The molecule has 1 aromatic carbocycles. The van der Waals surface area contributed by atoms with Crippen LogP contribution in [-0.2, 0) is 17.7 Å². The number of nitrogens with two attached hydrogens (primary N) is 1. The molecule has 0 saturated heterocycles. The van der Waals surface area contributed by atoms with E-state index in [1.165, 1.54) is 5.56 Å². The third-order valence-electron chi connectivity index (χ3n) is 4.47. The van der Waals surface area contributed by atoms with Crippen molar-refractivity contribution in [2.45, 2.75) is 45.8 Å². The number of para-hydroxylation sites is 1. The quantitative estimate of drug-likeness (QED) is 0.601. The fourth-order valence-electron chi connectivity index (χ4n) is 3.32. The molecule has 1 aliphatic heterocycles. The van der Waals surface area contributed by atoms with E-state index in [0.29, 0.717) is 13.1 Å². The van der Waals surface area contributed by atoms with Crippen molar-refractivity contribution in [1.82, 2.24) is 9.88 Å². The zero-order valence-electron chi connectivity index (χ0n) is 15.7. The van der Waals surface area contributed by atoms with Crippen molar-refractivity contribution >= 4 is 44.0 Å². The summed E-state index contributed by atoms with van der Waals surface area (Å²) in [7, 11) is 0. The topological polar surface area (TPSA) is 68.5 Å². The fraction of sp³-hybridized carbons (Fsp3) is 0.400. The van der Waals surface area contributed by atoms with Gasteiger partial charge in [0.1, 0.15) is 10.6 Å². The first-order valence-electron chi connectivity index (χ1n) is 9.06. The van der Waals surface area contributed by atoms with E-state index < -0.39 is 5.60 Å². The normalized spacial score (nSPS) is 14.9. The van der Waals surface area contributed by atoms with Crippen LogP contribution in [-0.4, -0.2) is 28.1 Å². The molecule has 0 saturated carbocycles. The molecule has 142 valence electrons. The maximum atomic E-state index is 12.5. The number of aromatic nitrogens is 1. The Morgan fingerprint density at radius 2 is 2.04 bits per heavy atom. The summed E-state index contributed by atoms with van der Waals surface area (Å²) >= 11 is 3.24. The molecule has 0 radical (unpaired) electrons. The lowest BCUT2D eigenvalue weighted by Crippen LogP contribution is -2.36. The molecule has 0 spiro atoms. The van der Waals surface area contributed by atoms with Gasteiger partial charge in [0.2, 0.25) is 0 Å². The van der Waals surface area contributed by atoms with Crippen molar-refractivity contribution in [3.8, 4) is 10.6 Å². The predicted molar refractivity (Wildman–Crippen MR) is 112 cm³/mol. The first kappa shape index (κ1) is 18.3. The van der Waals surface area contributed by atoms with E-state index in [-0.39, 0.29) is 6.09 Å². The molecule has 3 aromatic rings. The molecule has 0 bridgehead atoms. The number of ether oxygens (including phenoxy) is 1. The molecular weight excluding hydrogens is 378 g/mol. The van der Waals surface area contributed by atoms with Crippen molar-refractivity contribution in [3.63, 3.8) is 0 Å². The number of thiazole rings is 1. The number of amides is 1. The van der Waals surface area contributed by atoms with Crippen LogP contribution in [0.15, 0.2) is 24.3 Å². The van der Waals surface area contributed by atoms with Crippen molar-refractivity contribution in [2.75, 3.05) is 12.3 Å². The van der Waals surface area contributed by atoms with Crippen LogP contribution < -0.4 is 5.73 Å². The van der Waals surface area contributed by atoms with E-state index in [1.807, 2.05) is 39.0 Å². The molecule has 3 heterocycles. The van der Waals surface area contributed by atoms with Crippen LogP contribution in [0.3, 0.4) is 0 Å². The van der Waals surface area contributed by atoms with E-state index >= 15 is 0 Å². The fourth-order valence-corrected chi connectivity index (χ4v) is 5.57. The molecule has 1 aliphatic rings. The summed E-state index contributed by atoms with van der Waals surface area (Å²) in [6.45, 7) is 6.91. The van der Waals surface area contributed by atoms with Crippen molar-refractivity contribution in [3.05, 3.63) is 34.7 Å². The number of rotatable bonds is 1. The lowest BCUT2D eigenvalue weighted by Gasteiger charge is -2.26. The Labute approximate surface area is 166 Å². The number of fused-ring (bicyclic) bond motifs is 2. The first-order valence-corrected chi connectivity index (χ1v) is 10.7. The Bertz CT molecular complexity index is 967. The zero-order valence-corrected chi connectivity index (χ0v) is 17.4. The SMILES string of the molecule is CC(C)(C)OC(=O)N1CCCc2c(sc(N)c2-c2nc3ccccc3s2)C1. The third-order valence-corrected chi connectivity index (χ3v) is 6.57. The molecule has 4 rings (SSSR count). The molecule has 27 heavy (non-hydrogen) atoms. The van der Waals surface area contributed by atoms with Gasteiger partial charge in [-0.2, -0.15) is 0 Å². The molecule has 0 unspecified atom stereocenters. The zero-order chi connectivity index (χ0) is 19.2. The lowest BCUT2D eigenvalue weighted by molar-refractivity contribution is 0.0238. The van der Waals surface area contributed by atoms with Gasteiger partial charge in [-0.1, -0.05) is 12.1 Å². The van der Waals surface area contributed by atoms with Crippen LogP contribution in [0.4, 0.5) is 9.80 Å². The van der Waals surface area contributed by atoms with E-state index in [0.717, 1.165) is 43.5 Å². The van der Waals surface area contributed by atoms with Crippen LogP contribution in [0.25, 0.3) is 20.8 Å². The molecule has 5 nitrogen and oxygen atoms in total. The molecule has 0 aliphatic carbocycles. The van der Waals surface area contributed by atoms with Crippen LogP contribution in [0.1, 0.15) is 37.6 Å². The van der Waals surface area contributed by atoms with Gasteiger partial charge < -0.3 is 15.4 Å². The van der Waals surface area contributed by atoms with Gasteiger partial charge in [-0.25, -0.2) is 9.78 Å². The van der Waals surface area contributed by atoms with Gasteiger partial charge in [-0.15, -0.1) is 22.7 Å². The second-order valence-corrected chi connectivity index (χ2v) is 9.90. The number of nitrogen functional groups attached to an aromatic ring is 1. The summed E-state index contributed by atoms with van der Waals surface area (Å²) in [6, 6.07) is 8.14. The number of anilines is 1. The Balaban J connectivity index is 1.68. The van der Waals surface area contributed by atoms with Crippen LogP contribution in [0.5, 0.6) is 0 Å². The minimum Gasteiger partial charge on any atom is -0.444 e. The van der Waals surface area contributed by atoms with E-state index in [2.05, 4.69) is 6.07 Å². The van der Waals surface area contributed by atoms with E-state index in [4.69, 9.17) is 15.5 Å². The molecular formula is C20H23N3O2S2. The number of carbonyl (C=O) groups is 1. The maximum Gasteiger partial charge on any atom is 0.410 e. The van der Waals surface area contributed by atoms with Crippen LogP contribution in [0, 0.1) is 0 Å². The average molecular weight is 402 g/mol. The second kappa shape index (κ2) is 6.80. The summed E-state index contributed by atoms with van der Waals surface area (Å²) in [5.74, 6) is 0. The monoisotopic (exact) mass is 401 g/mol. The molecule has 1 amide bonds. The summed E-state index contributed by atoms with van der Waals surface area (Å²) in [5, 5.41) is 1.75. The Morgan fingerprint density at radius 1 is 1.26 bits per heavy atom. The van der Waals surface area contributed by atoms with E-state index in [9.17, 15) is 4.79 Å². The minimum atomic E-state index is -0.493. The van der Waals surface area contributed by atoms with Gasteiger partial charge in [0.25, 0.3) is 0 Å². The van der Waals surface area contributed by atoms with Crippen LogP contribution >= 0.6 is 22.7 Å². The highest BCUT2D eigenvalue weighted by Crippen LogP contribution is 2.43. The summed E-state index contributed by atoms with van der Waals surface area (Å²) in [5.41, 5.74) is 9.20. The number of hydrogen-bond donors (Lipinski definition) is 1. The van der Waals surface area contributed by atoms with Crippen LogP contribution in [0.2, 0.25) is 0 Å². The van der Waals surface area contributed by atoms with Crippen molar-refractivity contribution in [2.24, 2.45) is 0 Å². The summed E-state index contributed by atoms with van der Waals surface area (Å²) in [4.78, 5) is 20.3. The Morgan fingerprint density at radius 3 is 2.78 bits per heavy atom. The Hall–Kier alpha value is -2.12. The lowest BCUT2D eigenvalue weighted by atomic mass is 10.1. The van der Waals surface area contributed by atoms with Gasteiger partial charge in [0.05, 0.1) is 21.8 Å². The van der Waals surface area contributed by atoms with Crippen molar-refractivity contribution in [1.29, 1.82) is 0 Å². The van der Waals surface area contributed by atoms with E-state index in [1.54, 1.807) is 27.6 Å². The van der Waals surface area contributed by atoms with Crippen molar-refractivity contribution < 1.29 is 9.53 Å². The highest BCUT2D eigenvalue weighted by Gasteiger charge is 2.28. The highest BCUT2D eigenvalue weighted by atomic mass is 32.1. The van der Waals surface area contributed by atoms with Gasteiger partial charge in [-0.05, 0) is 51.3 Å². The average Bonchev–Trinajstić information content (AvgIpc) is 3.06. The standard InChI is InChI=1S/C20H23N3O2S2/c1-20(2,3)25-19(24)23-10-6-7-12-15(11-23)26-17(21)16(12)18-22-13-8-4-5-9-14(13)27-18/h4-5,8-9H,6-7,10-11,21H2,1-3H3. The smallest absolute Gasteiger partial charge is 0.410 e. The summed E-state index contributed by atoms with van der Waals surface area (Å²) in [6.07, 6.45) is 1.53. The number of hydrogen-bond acceptors (Lipinski definition) is 6. The maximum absolute atomic E-state index is 12.5. The number of thiophene rings is 1. The summed E-state index contributed by atoms with van der Waals surface area (Å²) < 4.78 is 6.72. The molecule has 0 atom stereocenters. The molecule has 2 aromatic heterocycles. The van der Waals surface area contributed by atoms with Gasteiger partial charge in [0.15, 0.2) is 0 Å². The number of carbonyl (C=O) groups excluding carboxylic acids is 1. The number of nitrogens with zero attached hydrogens (tertiary/aromatic N) is 2. The van der Waals surface area contributed by atoms with Gasteiger partial charge in [-0.3, -0.25) is 0 Å². The first-order chi connectivity index (χ1) is 12.8. The van der Waals surface area contributed by atoms with Gasteiger partial charge in [0, 0.05) is 17.0 Å². The number of benzene rings is 1. The molecule has 7 heteroatoms. The third kappa shape index (κ3) is 3.66. The molecule has 0 fully saturated rings. The van der Waals surface area contributed by atoms with Gasteiger partial charge >= 0.3 is 6.09 Å². The molecule has 2 N–H and O–H groups in total. The highest BCUT2D eigenvalue weighted by molar-refractivity contribution is 7.22. The predicted octanol–water partition coefficient (Wildman–Crippen LogP) is 5.29. The largest absolute Gasteiger partial charge is 0.444 e. The Kier molecular flexibility index (Phi) is 4.60.